The SMILES string of the molecule is COc1ncc(C(=O)NC(C)C2CC2)c(N2CC[C@](C)(N)C2)c1-c1ccc(F)c(F)c1. The van der Waals surface area contributed by atoms with E-state index in [4.69, 9.17) is 10.5 Å². The topological polar surface area (TPSA) is 80.5 Å². The molecule has 2 heterocycles. The van der Waals surface area contributed by atoms with Gasteiger partial charge in [-0.1, -0.05) is 6.07 Å². The van der Waals surface area contributed by atoms with Gasteiger partial charge in [-0.05, 0) is 56.7 Å². The van der Waals surface area contributed by atoms with Gasteiger partial charge >= 0.3 is 0 Å². The largest absolute Gasteiger partial charge is 0.480 e. The third-order valence-electron chi connectivity index (χ3n) is 6.17. The van der Waals surface area contributed by atoms with Crippen LogP contribution in [0.1, 0.15) is 43.5 Å². The number of anilines is 1. The molecule has 1 aromatic carbocycles. The van der Waals surface area contributed by atoms with Crippen LogP contribution in [-0.2, 0) is 0 Å². The number of ether oxygens (including phenoxy) is 1. The van der Waals surface area contributed by atoms with E-state index in [1.165, 1.54) is 19.4 Å². The van der Waals surface area contributed by atoms with E-state index in [0.717, 1.165) is 31.4 Å². The van der Waals surface area contributed by atoms with Crippen LogP contribution in [0.15, 0.2) is 24.4 Å². The summed E-state index contributed by atoms with van der Waals surface area (Å²) in [5.41, 5.74) is 7.71. The van der Waals surface area contributed by atoms with Gasteiger partial charge in [0.2, 0.25) is 5.88 Å². The van der Waals surface area contributed by atoms with Gasteiger partial charge in [-0.25, -0.2) is 13.8 Å². The Hall–Kier alpha value is -2.74. The summed E-state index contributed by atoms with van der Waals surface area (Å²) in [7, 11) is 1.46. The summed E-state index contributed by atoms with van der Waals surface area (Å²) in [5.74, 6) is -1.45. The second-order valence-corrected chi connectivity index (χ2v) is 8.96. The van der Waals surface area contributed by atoms with Gasteiger partial charge in [-0.2, -0.15) is 0 Å². The number of carbonyl (C=O) groups is 1. The Morgan fingerprint density at radius 3 is 2.68 bits per heavy atom. The third kappa shape index (κ3) is 4.35. The highest BCUT2D eigenvalue weighted by Crippen LogP contribution is 2.42. The van der Waals surface area contributed by atoms with Crippen molar-refractivity contribution in [1.29, 1.82) is 0 Å². The average Bonchev–Trinajstić information content (AvgIpc) is 3.52. The van der Waals surface area contributed by atoms with Crippen LogP contribution in [0.25, 0.3) is 11.1 Å². The number of benzene rings is 1. The van der Waals surface area contributed by atoms with Gasteiger partial charge < -0.3 is 20.7 Å². The fraction of sp³-hybridized carbons (Fsp3) is 0.478. The number of nitrogens with zero attached hydrogens (tertiary/aromatic N) is 2. The van der Waals surface area contributed by atoms with Gasteiger partial charge in [0.15, 0.2) is 11.6 Å². The highest BCUT2D eigenvalue weighted by atomic mass is 19.2. The highest BCUT2D eigenvalue weighted by molar-refractivity contribution is 6.04. The lowest BCUT2D eigenvalue weighted by molar-refractivity contribution is 0.0936. The van der Waals surface area contributed by atoms with Crippen molar-refractivity contribution in [2.75, 3.05) is 25.1 Å². The summed E-state index contributed by atoms with van der Waals surface area (Å²) in [6.07, 6.45) is 4.42. The molecule has 4 rings (SSSR count). The van der Waals surface area contributed by atoms with Gasteiger partial charge in [0.05, 0.1) is 23.9 Å². The molecule has 8 heteroatoms. The van der Waals surface area contributed by atoms with Crippen molar-refractivity contribution in [3.05, 3.63) is 41.6 Å². The average molecular weight is 430 g/mol. The van der Waals surface area contributed by atoms with Gasteiger partial charge in [-0.3, -0.25) is 4.79 Å². The van der Waals surface area contributed by atoms with E-state index in [-0.39, 0.29) is 17.8 Å². The van der Waals surface area contributed by atoms with E-state index in [2.05, 4.69) is 10.3 Å². The number of nitrogens with two attached hydrogens (primary N) is 1. The molecule has 1 amide bonds. The smallest absolute Gasteiger partial charge is 0.255 e. The molecule has 2 fully saturated rings. The van der Waals surface area contributed by atoms with Crippen LogP contribution in [0.2, 0.25) is 0 Å². The van der Waals surface area contributed by atoms with Crippen LogP contribution < -0.4 is 20.7 Å². The number of rotatable bonds is 6. The first-order valence-corrected chi connectivity index (χ1v) is 10.6. The Labute approximate surface area is 180 Å². The molecular formula is C23H28F2N4O2. The van der Waals surface area contributed by atoms with Crippen molar-refractivity contribution in [3.8, 4) is 17.0 Å². The molecule has 0 radical (unpaired) electrons. The molecule has 0 bridgehead atoms. The first-order chi connectivity index (χ1) is 14.7. The van der Waals surface area contributed by atoms with Crippen LogP contribution in [0, 0.1) is 17.6 Å². The summed E-state index contributed by atoms with van der Waals surface area (Å²) >= 11 is 0. The minimum absolute atomic E-state index is 0.0486. The predicted molar refractivity (Wildman–Crippen MR) is 115 cm³/mol. The molecule has 166 valence electrons. The third-order valence-corrected chi connectivity index (χ3v) is 6.17. The van der Waals surface area contributed by atoms with Crippen LogP contribution >= 0.6 is 0 Å². The van der Waals surface area contributed by atoms with E-state index in [1.54, 1.807) is 0 Å². The lowest BCUT2D eigenvalue weighted by atomic mass is 9.99. The summed E-state index contributed by atoms with van der Waals surface area (Å²) in [5, 5.41) is 3.07. The zero-order valence-electron chi connectivity index (χ0n) is 18.0. The molecule has 2 aromatic rings. The summed E-state index contributed by atoms with van der Waals surface area (Å²) in [6.45, 7) is 5.08. The quantitative estimate of drug-likeness (QED) is 0.733. The van der Waals surface area contributed by atoms with Crippen LogP contribution in [0.3, 0.4) is 0 Å². The van der Waals surface area contributed by atoms with E-state index < -0.39 is 17.2 Å². The standard InChI is InChI=1S/C23H28F2N4O2/c1-13(14-4-5-14)28-21(30)16-11-27-22(31-3)19(15-6-7-17(24)18(25)10-15)20(16)29-9-8-23(2,26)12-29/h6-7,10-11,13-14H,4-5,8-9,12,26H2,1-3H3,(H,28,30)/t13?,23-/m0/s1. The Kier molecular flexibility index (Phi) is 5.60. The van der Waals surface area contributed by atoms with Crippen molar-refractivity contribution < 1.29 is 18.3 Å². The molecule has 0 spiro atoms. The van der Waals surface area contributed by atoms with E-state index in [9.17, 15) is 13.6 Å². The summed E-state index contributed by atoms with van der Waals surface area (Å²) in [4.78, 5) is 19.6. The maximum absolute atomic E-state index is 14.1. The molecule has 1 saturated heterocycles. The van der Waals surface area contributed by atoms with Gasteiger partial charge in [0, 0.05) is 30.9 Å². The molecule has 31 heavy (non-hydrogen) atoms. The maximum Gasteiger partial charge on any atom is 0.255 e. The fourth-order valence-electron chi connectivity index (χ4n) is 4.22. The molecule has 2 aliphatic rings. The molecule has 6 nitrogen and oxygen atoms in total. The minimum atomic E-state index is -0.979. The van der Waals surface area contributed by atoms with Crippen molar-refractivity contribution in [3.63, 3.8) is 0 Å². The molecular weight excluding hydrogens is 402 g/mol. The monoisotopic (exact) mass is 430 g/mol. The molecule has 1 aliphatic carbocycles. The summed E-state index contributed by atoms with van der Waals surface area (Å²) < 4.78 is 33.2. The Morgan fingerprint density at radius 1 is 1.35 bits per heavy atom. The molecule has 1 unspecified atom stereocenters. The number of carbonyl (C=O) groups excluding carboxylic acids is 1. The number of nitrogens with one attached hydrogen (secondary N) is 1. The zero-order valence-corrected chi connectivity index (χ0v) is 18.0. The second kappa shape index (κ2) is 8.07. The number of hydrogen-bond donors (Lipinski definition) is 2. The maximum atomic E-state index is 14.1. The van der Waals surface area contributed by atoms with E-state index in [1.807, 2.05) is 18.7 Å². The van der Waals surface area contributed by atoms with Crippen molar-refractivity contribution in [1.82, 2.24) is 10.3 Å². The molecule has 1 aromatic heterocycles. The van der Waals surface area contributed by atoms with Crippen LogP contribution in [0.5, 0.6) is 5.88 Å². The number of aromatic nitrogens is 1. The van der Waals surface area contributed by atoms with Crippen molar-refractivity contribution >= 4 is 11.6 Å². The molecule has 2 atom stereocenters. The number of hydrogen-bond acceptors (Lipinski definition) is 5. The first kappa shape index (κ1) is 21.5. The van der Waals surface area contributed by atoms with E-state index in [0.29, 0.717) is 41.4 Å². The molecule has 1 aliphatic heterocycles. The van der Waals surface area contributed by atoms with E-state index >= 15 is 0 Å². The number of methoxy groups -OCH3 is 1. The number of pyridine rings is 1. The minimum Gasteiger partial charge on any atom is -0.480 e. The lowest BCUT2D eigenvalue weighted by Crippen LogP contribution is -2.40. The molecule has 1 saturated carbocycles. The molecule has 3 N–H and O–H groups in total. The van der Waals surface area contributed by atoms with Gasteiger partial charge in [0.25, 0.3) is 5.91 Å². The Morgan fingerprint density at radius 2 is 2.10 bits per heavy atom. The fourth-order valence-corrected chi connectivity index (χ4v) is 4.22. The Balaban J connectivity index is 1.86. The number of halogens is 2. The van der Waals surface area contributed by atoms with Crippen LogP contribution in [-0.4, -0.2) is 42.7 Å². The predicted octanol–water partition coefficient (Wildman–Crippen LogP) is 3.49. The Bertz CT molecular complexity index is 1010. The highest BCUT2D eigenvalue weighted by Gasteiger charge is 2.36. The number of amides is 1. The zero-order chi connectivity index (χ0) is 22.3. The van der Waals surface area contributed by atoms with Crippen molar-refractivity contribution in [2.24, 2.45) is 11.7 Å². The van der Waals surface area contributed by atoms with Gasteiger partial charge in [-0.15, -0.1) is 0 Å². The second-order valence-electron chi connectivity index (χ2n) is 8.96. The van der Waals surface area contributed by atoms with Crippen LogP contribution in [0.4, 0.5) is 14.5 Å². The normalized spacial score (nSPS) is 21.8. The summed E-state index contributed by atoms with van der Waals surface area (Å²) in [6, 6.07) is 3.68. The first-order valence-electron chi connectivity index (χ1n) is 10.6. The van der Waals surface area contributed by atoms with Gasteiger partial charge in [0.1, 0.15) is 0 Å². The van der Waals surface area contributed by atoms with Crippen molar-refractivity contribution in [2.45, 2.75) is 44.7 Å². The lowest BCUT2D eigenvalue weighted by Gasteiger charge is -2.27.